The van der Waals surface area contributed by atoms with Crippen LogP contribution in [0, 0.1) is 0 Å². The molecule has 64 valence electrons. The first kappa shape index (κ1) is 10.6. The van der Waals surface area contributed by atoms with Crippen molar-refractivity contribution in [3.8, 4) is 0 Å². The van der Waals surface area contributed by atoms with Crippen LogP contribution in [0.15, 0.2) is 11.7 Å². The van der Waals surface area contributed by atoms with E-state index in [0.717, 1.165) is 4.42 Å². The summed E-state index contributed by atoms with van der Waals surface area (Å²) in [5, 5.41) is 2.31. The van der Waals surface area contributed by atoms with E-state index in [-0.39, 0.29) is 11.2 Å². The molecule has 0 saturated carbocycles. The second-order valence-corrected chi connectivity index (χ2v) is 3.06. The second kappa shape index (κ2) is 4.46. The van der Waals surface area contributed by atoms with Crippen LogP contribution in [-0.4, -0.2) is 16.5 Å². The second-order valence-electron chi connectivity index (χ2n) is 2.24. The molecule has 0 aromatic rings. The van der Waals surface area contributed by atoms with Crippen LogP contribution in [-0.2, 0) is 0 Å². The van der Waals surface area contributed by atoms with E-state index < -0.39 is 6.03 Å². The Morgan fingerprint density at radius 1 is 1.64 bits per heavy atom. The van der Waals surface area contributed by atoms with E-state index in [9.17, 15) is 4.79 Å². The standard InChI is InChI=1S/C6H10Cl2N2O/c1-4(2)10(8)6(11)9-5(3)7/h4H,3H2,1-2H3,(H,9,11). The minimum Gasteiger partial charge on any atom is -0.298 e. The van der Waals surface area contributed by atoms with E-state index in [1.807, 2.05) is 0 Å². The van der Waals surface area contributed by atoms with Crippen LogP contribution >= 0.6 is 23.4 Å². The number of nitrogens with zero attached hydrogens (tertiary/aromatic N) is 1. The molecule has 5 heteroatoms. The van der Waals surface area contributed by atoms with E-state index in [1.54, 1.807) is 13.8 Å². The van der Waals surface area contributed by atoms with Crippen molar-refractivity contribution in [3.63, 3.8) is 0 Å². The summed E-state index contributed by atoms with van der Waals surface area (Å²) < 4.78 is 1.01. The van der Waals surface area contributed by atoms with Crippen molar-refractivity contribution in [3.05, 3.63) is 11.7 Å². The molecule has 11 heavy (non-hydrogen) atoms. The van der Waals surface area contributed by atoms with Crippen LogP contribution < -0.4 is 5.32 Å². The Kier molecular flexibility index (Phi) is 4.30. The summed E-state index contributed by atoms with van der Waals surface area (Å²) in [6.07, 6.45) is 0. The maximum absolute atomic E-state index is 10.9. The molecule has 0 aliphatic rings. The normalized spacial score (nSPS) is 9.55. The summed E-state index contributed by atoms with van der Waals surface area (Å²) >= 11 is 10.8. The molecule has 0 heterocycles. The molecule has 0 bridgehead atoms. The number of hydrogen-bond acceptors (Lipinski definition) is 1. The van der Waals surface area contributed by atoms with E-state index in [1.165, 1.54) is 0 Å². The van der Waals surface area contributed by atoms with E-state index >= 15 is 0 Å². The predicted octanol–water partition coefficient (Wildman–Crippen LogP) is 2.27. The fourth-order valence-corrected chi connectivity index (χ4v) is 0.527. The molecule has 0 radical (unpaired) electrons. The highest BCUT2D eigenvalue weighted by atomic mass is 35.5. The molecule has 0 aromatic carbocycles. The molecule has 3 nitrogen and oxygen atoms in total. The molecule has 0 spiro atoms. The van der Waals surface area contributed by atoms with Crippen LogP contribution in [0.5, 0.6) is 0 Å². The fraction of sp³-hybridized carbons (Fsp3) is 0.500. The lowest BCUT2D eigenvalue weighted by molar-refractivity contribution is 0.221. The van der Waals surface area contributed by atoms with Gasteiger partial charge in [-0.25, -0.2) is 9.21 Å². The molecular formula is C6H10Cl2N2O. The summed E-state index contributed by atoms with van der Waals surface area (Å²) in [4.78, 5) is 10.9. The van der Waals surface area contributed by atoms with Crippen LogP contribution in [0.2, 0.25) is 0 Å². The average molecular weight is 197 g/mol. The Labute approximate surface area is 76.1 Å². The van der Waals surface area contributed by atoms with E-state index in [2.05, 4.69) is 11.9 Å². The van der Waals surface area contributed by atoms with Crippen LogP contribution in [0.3, 0.4) is 0 Å². The average Bonchev–Trinajstić information content (AvgIpc) is 1.84. The van der Waals surface area contributed by atoms with Crippen molar-refractivity contribution in [2.45, 2.75) is 19.9 Å². The van der Waals surface area contributed by atoms with Gasteiger partial charge in [0.05, 0.1) is 0 Å². The molecule has 0 aliphatic carbocycles. The summed E-state index contributed by atoms with van der Waals surface area (Å²) in [5.74, 6) is 0. The number of carbonyl (C=O) groups excluding carboxylic acids is 1. The number of amides is 2. The molecule has 0 atom stereocenters. The molecular weight excluding hydrogens is 187 g/mol. The zero-order chi connectivity index (χ0) is 9.02. The van der Waals surface area contributed by atoms with Crippen molar-refractivity contribution >= 4 is 29.4 Å². The van der Waals surface area contributed by atoms with Crippen molar-refractivity contribution in [2.75, 3.05) is 0 Å². The Bertz CT molecular complexity index is 170. The van der Waals surface area contributed by atoms with Crippen molar-refractivity contribution in [1.29, 1.82) is 0 Å². The summed E-state index contributed by atoms with van der Waals surface area (Å²) in [7, 11) is 0. The molecule has 2 amide bonds. The van der Waals surface area contributed by atoms with Gasteiger partial charge < -0.3 is 0 Å². The number of nitrogens with one attached hydrogen (secondary N) is 1. The van der Waals surface area contributed by atoms with Gasteiger partial charge in [0.25, 0.3) is 0 Å². The van der Waals surface area contributed by atoms with Gasteiger partial charge in [-0.1, -0.05) is 18.2 Å². The Morgan fingerprint density at radius 3 is 2.36 bits per heavy atom. The summed E-state index contributed by atoms with van der Waals surface area (Å²) in [6, 6.07) is -0.547. The van der Waals surface area contributed by atoms with E-state index in [0.29, 0.717) is 0 Å². The lowest BCUT2D eigenvalue weighted by Gasteiger charge is -2.17. The lowest BCUT2D eigenvalue weighted by Crippen LogP contribution is -2.36. The van der Waals surface area contributed by atoms with Gasteiger partial charge in [-0.3, -0.25) is 5.32 Å². The van der Waals surface area contributed by atoms with Gasteiger partial charge in [0.1, 0.15) is 5.16 Å². The zero-order valence-electron chi connectivity index (χ0n) is 6.40. The van der Waals surface area contributed by atoms with Crippen LogP contribution in [0.4, 0.5) is 4.79 Å². The number of rotatable bonds is 2. The predicted molar refractivity (Wildman–Crippen MR) is 46.4 cm³/mol. The van der Waals surface area contributed by atoms with Gasteiger partial charge in [0.15, 0.2) is 0 Å². The van der Waals surface area contributed by atoms with E-state index in [4.69, 9.17) is 23.4 Å². The number of carbonyl (C=O) groups is 1. The summed E-state index contributed by atoms with van der Waals surface area (Å²) in [5.41, 5.74) is 0. The third-order valence-electron chi connectivity index (χ3n) is 0.890. The SMILES string of the molecule is C=C(Cl)NC(=O)N(Cl)C(C)C. The first-order valence-corrected chi connectivity index (χ1v) is 3.77. The number of hydrogen-bond donors (Lipinski definition) is 1. The van der Waals surface area contributed by atoms with Gasteiger partial charge in [-0.05, 0) is 13.8 Å². The molecule has 0 aliphatic heterocycles. The summed E-state index contributed by atoms with van der Waals surface area (Å²) in [6.45, 7) is 6.85. The van der Waals surface area contributed by atoms with Gasteiger partial charge in [-0.15, -0.1) is 0 Å². The molecule has 0 aromatic heterocycles. The first-order chi connectivity index (χ1) is 4.95. The minimum atomic E-state index is -0.471. The third-order valence-corrected chi connectivity index (χ3v) is 1.53. The quantitative estimate of drug-likeness (QED) is 0.534. The first-order valence-electron chi connectivity index (χ1n) is 3.05. The highest BCUT2D eigenvalue weighted by Crippen LogP contribution is 2.03. The van der Waals surface area contributed by atoms with Crippen LogP contribution in [0.1, 0.15) is 13.8 Å². The zero-order valence-corrected chi connectivity index (χ0v) is 7.91. The maximum Gasteiger partial charge on any atom is 0.337 e. The Balaban J connectivity index is 3.93. The molecule has 0 fully saturated rings. The van der Waals surface area contributed by atoms with Crippen molar-refractivity contribution in [1.82, 2.24) is 9.74 Å². The largest absolute Gasteiger partial charge is 0.337 e. The van der Waals surface area contributed by atoms with Gasteiger partial charge >= 0.3 is 6.03 Å². The molecule has 0 rings (SSSR count). The lowest BCUT2D eigenvalue weighted by atomic mass is 10.4. The van der Waals surface area contributed by atoms with Gasteiger partial charge in [0, 0.05) is 17.8 Å². The minimum absolute atomic E-state index is 0.0568. The smallest absolute Gasteiger partial charge is 0.298 e. The van der Waals surface area contributed by atoms with Crippen molar-refractivity contribution in [2.24, 2.45) is 0 Å². The fourth-order valence-electron chi connectivity index (χ4n) is 0.404. The monoisotopic (exact) mass is 196 g/mol. The van der Waals surface area contributed by atoms with Crippen molar-refractivity contribution < 1.29 is 4.79 Å². The molecule has 1 N–H and O–H groups in total. The van der Waals surface area contributed by atoms with Gasteiger partial charge in [-0.2, -0.15) is 0 Å². The Morgan fingerprint density at radius 2 is 2.09 bits per heavy atom. The molecule has 0 saturated heterocycles. The maximum atomic E-state index is 10.9. The number of halogens is 2. The highest BCUT2D eigenvalue weighted by molar-refractivity contribution is 6.30. The van der Waals surface area contributed by atoms with Crippen LogP contribution in [0.25, 0.3) is 0 Å². The Hall–Kier alpha value is -0.410. The topological polar surface area (TPSA) is 32.3 Å². The molecule has 0 unspecified atom stereocenters. The highest BCUT2D eigenvalue weighted by Gasteiger charge is 2.13. The van der Waals surface area contributed by atoms with Gasteiger partial charge in [0.2, 0.25) is 0 Å². The number of urea groups is 1. The third kappa shape index (κ3) is 4.11.